The lowest BCUT2D eigenvalue weighted by atomic mass is 10.0. The Kier molecular flexibility index (Phi) is 5.62. The molecule has 0 fully saturated rings. The number of nitrogens with zero attached hydrogens (tertiary/aromatic N) is 1. The van der Waals surface area contributed by atoms with E-state index in [1.54, 1.807) is 0 Å². The maximum Gasteiger partial charge on any atom is 0.0774 e. The van der Waals surface area contributed by atoms with E-state index >= 15 is 0 Å². The van der Waals surface area contributed by atoms with Crippen molar-refractivity contribution in [3.8, 4) is 0 Å². The molecule has 0 aliphatic rings. The minimum absolute atomic E-state index is 0.234. The molecule has 0 radical (unpaired) electrons. The normalized spacial score (nSPS) is 11.0. The van der Waals surface area contributed by atoms with Gasteiger partial charge in [0.25, 0.3) is 0 Å². The quantitative estimate of drug-likeness (QED) is 0.509. The lowest BCUT2D eigenvalue weighted by Crippen LogP contribution is -2.09. The van der Waals surface area contributed by atoms with Crippen molar-refractivity contribution in [2.75, 3.05) is 0 Å². The number of benzene rings is 3. The summed E-state index contributed by atoms with van der Waals surface area (Å²) in [4.78, 5) is 4.39. The largest absolute Gasteiger partial charge is 0.608 e. The lowest BCUT2D eigenvalue weighted by molar-refractivity contribution is -0.359. The van der Waals surface area contributed by atoms with Crippen molar-refractivity contribution < 1.29 is 9.84 Å². The zero-order valence-corrected chi connectivity index (χ0v) is 13.7. The van der Waals surface area contributed by atoms with Crippen LogP contribution in [0.2, 0.25) is 0 Å². The van der Waals surface area contributed by atoms with Gasteiger partial charge < -0.3 is 9.84 Å². The van der Waals surface area contributed by atoms with E-state index in [2.05, 4.69) is 4.99 Å². The highest BCUT2D eigenvalue weighted by Crippen LogP contribution is 2.12. The van der Waals surface area contributed by atoms with Gasteiger partial charge in [-0.25, -0.2) is 0 Å². The maximum absolute atomic E-state index is 12.0. The van der Waals surface area contributed by atoms with Gasteiger partial charge in [0.2, 0.25) is 0 Å². The average molecular weight is 328 g/mol. The van der Waals surface area contributed by atoms with E-state index in [1.165, 1.54) is 6.20 Å². The average Bonchev–Trinajstić information content (AvgIpc) is 2.69. The fourth-order valence-corrected chi connectivity index (χ4v) is 2.39. The summed E-state index contributed by atoms with van der Waals surface area (Å²) < 4.78 is 5.25. The molecule has 0 aliphatic carbocycles. The van der Waals surface area contributed by atoms with E-state index in [0.717, 1.165) is 22.4 Å². The van der Waals surface area contributed by atoms with E-state index in [4.69, 9.17) is 4.74 Å². The van der Waals surface area contributed by atoms with Crippen LogP contribution in [-0.4, -0.2) is 5.71 Å². The SMILES string of the molecule is [O-]/C(=C\N=C(c1ccccc1)c1ccccc1)OCc1ccccc1. The number of hydrogen-bond acceptors (Lipinski definition) is 3. The molecule has 0 saturated heterocycles. The molecule has 0 aliphatic heterocycles. The Bertz CT molecular complexity index is 799. The van der Waals surface area contributed by atoms with Gasteiger partial charge in [0.1, 0.15) is 0 Å². The minimum Gasteiger partial charge on any atom is -0.608 e. The number of rotatable bonds is 6. The second kappa shape index (κ2) is 8.50. The third kappa shape index (κ3) is 4.82. The van der Waals surface area contributed by atoms with Crippen LogP contribution >= 0.6 is 0 Å². The summed E-state index contributed by atoms with van der Waals surface area (Å²) in [7, 11) is 0. The van der Waals surface area contributed by atoms with E-state index in [-0.39, 0.29) is 6.61 Å². The van der Waals surface area contributed by atoms with Crippen LogP contribution in [0.5, 0.6) is 0 Å². The van der Waals surface area contributed by atoms with Crippen LogP contribution in [0.1, 0.15) is 16.7 Å². The van der Waals surface area contributed by atoms with Gasteiger partial charge in [-0.15, -0.1) is 0 Å². The van der Waals surface area contributed by atoms with Crippen molar-refractivity contribution in [2.45, 2.75) is 6.61 Å². The standard InChI is InChI=1S/C22H19NO2/c24-21(25-17-18-10-4-1-5-11-18)16-23-22(19-12-6-2-7-13-19)20-14-8-3-9-15-20/h1-16,24H,17H2/p-1/b21-16+. The van der Waals surface area contributed by atoms with E-state index < -0.39 is 5.95 Å². The third-order valence-electron chi connectivity index (χ3n) is 3.62. The Labute approximate surface area is 147 Å². The van der Waals surface area contributed by atoms with Crippen molar-refractivity contribution in [3.63, 3.8) is 0 Å². The Morgan fingerprint density at radius 2 is 1.24 bits per heavy atom. The monoisotopic (exact) mass is 328 g/mol. The van der Waals surface area contributed by atoms with Gasteiger partial charge >= 0.3 is 0 Å². The summed E-state index contributed by atoms with van der Waals surface area (Å²) in [6.07, 6.45) is 1.23. The summed E-state index contributed by atoms with van der Waals surface area (Å²) in [6, 6.07) is 29.1. The first-order valence-electron chi connectivity index (χ1n) is 8.05. The second-order valence-corrected chi connectivity index (χ2v) is 5.43. The zero-order valence-electron chi connectivity index (χ0n) is 13.7. The summed E-state index contributed by atoms with van der Waals surface area (Å²) in [6.45, 7) is 0.234. The van der Waals surface area contributed by atoms with Crippen LogP contribution in [0, 0.1) is 0 Å². The molecule has 0 saturated carbocycles. The molecular formula is C22H18NO2-. The molecule has 3 aromatic carbocycles. The molecule has 3 heteroatoms. The number of hydrogen-bond donors (Lipinski definition) is 0. The molecule has 0 heterocycles. The Hall–Kier alpha value is -3.33. The van der Waals surface area contributed by atoms with Gasteiger partial charge in [-0.1, -0.05) is 91.0 Å². The predicted octanol–water partition coefficient (Wildman–Crippen LogP) is 3.90. The molecule has 3 nitrogen and oxygen atoms in total. The van der Waals surface area contributed by atoms with Crippen LogP contribution < -0.4 is 5.11 Å². The van der Waals surface area contributed by atoms with Crippen LogP contribution in [0.25, 0.3) is 0 Å². The summed E-state index contributed by atoms with van der Waals surface area (Å²) in [5.74, 6) is -0.465. The van der Waals surface area contributed by atoms with Gasteiger partial charge in [0, 0.05) is 23.9 Å². The predicted molar refractivity (Wildman–Crippen MR) is 97.8 cm³/mol. The van der Waals surface area contributed by atoms with Crippen molar-refractivity contribution in [3.05, 3.63) is 120 Å². The first-order valence-corrected chi connectivity index (χ1v) is 8.05. The van der Waals surface area contributed by atoms with Crippen molar-refractivity contribution in [1.29, 1.82) is 0 Å². The lowest BCUT2D eigenvalue weighted by Gasteiger charge is -2.14. The van der Waals surface area contributed by atoms with Crippen LogP contribution in [-0.2, 0) is 11.3 Å². The smallest absolute Gasteiger partial charge is 0.0774 e. The van der Waals surface area contributed by atoms with Gasteiger partial charge in [0.05, 0.1) is 11.7 Å². The first kappa shape index (κ1) is 16.5. The maximum atomic E-state index is 12.0. The van der Waals surface area contributed by atoms with Crippen molar-refractivity contribution in [1.82, 2.24) is 0 Å². The van der Waals surface area contributed by atoms with Gasteiger partial charge in [0.15, 0.2) is 0 Å². The van der Waals surface area contributed by atoms with Crippen molar-refractivity contribution >= 4 is 5.71 Å². The Morgan fingerprint density at radius 3 is 1.76 bits per heavy atom. The Balaban J connectivity index is 1.81. The first-order chi connectivity index (χ1) is 12.3. The zero-order chi connectivity index (χ0) is 17.3. The number of aliphatic imine (C=N–C) groups is 1. The third-order valence-corrected chi connectivity index (χ3v) is 3.62. The second-order valence-electron chi connectivity index (χ2n) is 5.43. The molecule has 3 rings (SSSR count). The summed E-state index contributed by atoms with van der Waals surface area (Å²) in [5, 5.41) is 12.0. The molecule has 0 spiro atoms. The highest BCUT2D eigenvalue weighted by atomic mass is 16.6. The molecule has 0 atom stereocenters. The molecule has 124 valence electrons. The molecular weight excluding hydrogens is 310 g/mol. The number of ether oxygens (including phenoxy) is 1. The molecule has 0 aromatic heterocycles. The van der Waals surface area contributed by atoms with E-state index in [9.17, 15) is 5.11 Å². The topological polar surface area (TPSA) is 44.7 Å². The summed E-state index contributed by atoms with van der Waals surface area (Å²) in [5.41, 5.74) is 3.57. The minimum atomic E-state index is -0.465. The van der Waals surface area contributed by atoms with Crippen LogP contribution in [0.4, 0.5) is 0 Å². The fraction of sp³-hybridized carbons (Fsp3) is 0.0455. The fourth-order valence-electron chi connectivity index (χ4n) is 2.39. The van der Waals surface area contributed by atoms with Crippen molar-refractivity contribution in [2.24, 2.45) is 4.99 Å². The van der Waals surface area contributed by atoms with Crippen LogP contribution in [0.15, 0.2) is 108 Å². The van der Waals surface area contributed by atoms with Crippen LogP contribution in [0.3, 0.4) is 0 Å². The van der Waals surface area contributed by atoms with Gasteiger partial charge in [-0.2, -0.15) is 0 Å². The van der Waals surface area contributed by atoms with Gasteiger partial charge in [-0.05, 0) is 5.56 Å². The van der Waals surface area contributed by atoms with E-state index in [0.29, 0.717) is 0 Å². The molecule has 0 unspecified atom stereocenters. The molecule has 0 bridgehead atoms. The van der Waals surface area contributed by atoms with E-state index in [1.807, 2.05) is 91.0 Å². The Morgan fingerprint density at radius 1 is 0.760 bits per heavy atom. The molecule has 0 amide bonds. The highest BCUT2D eigenvalue weighted by Gasteiger charge is 2.04. The van der Waals surface area contributed by atoms with Gasteiger partial charge in [-0.3, -0.25) is 4.99 Å². The summed E-state index contributed by atoms with van der Waals surface area (Å²) >= 11 is 0. The molecule has 25 heavy (non-hydrogen) atoms. The highest BCUT2D eigenvalue weighted by molar-refractivity contribution is 6.13. The molecule has 0 N–H and O–H groups in total. The molecule has 3 aromatic rings.